The van der Waals surface area contributed by atoms with E-state index in [1.54, 1.807) is 75.6 Å². The van der Waals surface area contributed by atoms with Crippen molar-refractivity contribution < 1.29 is 28.2 Å². The zero-order valence-electron chi connectivity index (χ0n) is 23.8. The van der Waals surface area contributed by atoms with E-state index in [-0.39, 0.29) is 23.1 Å². The first kappa shape index (κ1) is 30.6. The third kappa shape index (κ3) is 7.10. The first-order valence-electron chi connectivity index (χ1n) is 13.7. The number of benzene rings is 3. The number of aromatic nitrogens is 1. The topological polar surface area (TPSA) is 161 Å². The Labute approximate surface area is 245 Å². The highest BCUT2D eigenvalue weighted by Gasteiger charge is 2.23. The summed E-state index contributed by atoms with van der Waals surface area (Å²) in [5.41, 5.74) is 3.24. The molecular weight excluding hydrogens is 556 g/mol. The normalized spacial score (nSPS) is 12.4. The summed E-state index contributed by atoms with van der Waals surface area (Å²) in [5, 5.41) is 29.5. The molecule has 1 amide bonds. The molecular formula is C31H36N4O6S. The number of anilines is 2. The fourth-order valence-corrected chi connectivity index (χ4v) is 5.99. The maximum Gasteiger partial charge on any atom is 0.330 e. The zero-order valence-corrected chi connectivity index (χ0v) is 24.6. The van der Waals surface area contributed by atoms with E-state index >= 15 is 0 Å². The monoisotopic (exact) mass is 592 g/mol. The van der Waals surface area contributed by atoms with E-state index in [9.17, 15) is 28.2 Å². The molecule has 1 unspecified atom stereocenters. The Morgan fingerprint density at radius 1 is 0.976 bits per heavy atom. The molecule has 0 saturated heterocycles. The van der Waals surface area contributed by atoms with Crippen LogP contribution in [0.2, 0.25) is 0 Å². The van der Waals surface area contributed by atoms with Crippen LogP contribution >= 0.6 is 0 Å². The molecule has 0 radical (unpaired) electrons. The Kier molecular flexibility index (Phi) is 9.54. The summed E-state index contributed by atoms with van der Waals surface area (Å²) in [5.74, 6) is -1.19. The smallest absolute Gasteiger partial charge is 0.330 e. The number of fused-ring (bicyclic) bond motifs is 1. The summed E-state index contributed by atoms with van der Waals surface area (Å²) < 4.78 is 25.4. The van der Waals surface area contributed by atoms with Crippen molar-refractivity contribution in [3.05, 3.63) is 83.6 Å². The molecule has 1 aromatic heterocycles. The number of aromatic hydroxyl groups is 1. The number of carbonyl (C=O) groups excluding carboxylic acids is 1. The van der Waals surface area contributed by atoms with Crippen molar-refractivity contribution in [1.29, 1.82) is 0 Å². The number of aliphatic carboxylic acids is 1. The highest BCUT2D eigenvalue weighted by Crippen LogP contribution is 2.29. The molecule has 10 nitrogen and oxygen atoms in total. The third-order valence-corrected chi connectivity index (χ3v) is 9.30. The lowest BCUT2D eigenvalue weighted by molar-refractivity contribution is -0.138. The van der Waals surface area contributed by atoms with Crippen LogP contribution in [0.4, 0.5) is 11.4 Å². The van der Waals surface area contributed by atoms with Crippen molar-refractivity contribution in [3.63, 3.8) is 0 Å². The quantitative estimate of drug-likeness (QED) is 0.127. The van der Waals surface area contributed by atoms with Gasteiger partial charge in [0.05, 0.1) is 10.1 Å². The molecule has 0 fully saturated rings. The minimum atomic E-state index is -3.46. The molecule has 0 aliphatic heterocycles. The van der Waals surface area contributed by atoms with Gasteiger partial charge in [0.2, 0.25) is 5.91 Å². The molecule has 0 aliphatic carbocycles. The number of carboxylic acids is 1. The van der Waals surface area contributed by atoms with Crippen LogP contribution in [0.5, 0.6) is 5.88 Å². The van der Waals surface area contributed by atoms with Gasteiger partial charge in [-0.1, -0.05) is 30.3 Å². The zero-order chi connectivity index (χ0) is 30.4. The summed E-state index contributed by atoms with van der Waals surface area (Å²) >= 11 is 0. The molecule has 4 aromatic rings. The highest BCUT2D eigenvalue weighted by atomic mass is 32.2. The Hall–Kier alpha value is -4.35. The van der Waals surface area contributed by atoms with E-state index in [0.717, 1.165) is 10.9 Å². The van der Waals surface area contributed by atoms with Crippen LogP contribution in [0.25, 0.3) is 10.8 Å². The first-order valence-corrected chi connectivity index (χ1v) is 15.2. The number of nitrogens with one attached hydrogen (secondary N) is 4. The number of H-pyrrole nitrogens is 1. The molecule has 1 heterocycles. The van der Waals surface area contributed by atoms with E-state index in [0.29, 0.717) is 47.3 Å². The lowest BCUT2D eigenvalue weighted by atomic mass is 10.0. The average Bonchev–Trinajstić information content (AvgIpc) is 3.32. The van der Waals surface area contributed by atoms with Gasteiger partial charge >= 0.3 is 5.97 Å². The molecule has 4 rings (SSSR count). The lowest BCUT2D eigenvalue weighted by Crippen LogP contribution is -2.20. The van der Waals surface area contributed by atoms with E-state index in [1.807, 2.05) is 12.1 Å². The number of carbonyl (C=O) groups is 2. The summed E-state index contributed by atoms with van der Waals surface area (Å²) in [6.45, 7) is 3.63. The van der Waals surface area contributed by atoms with Crippen LogP contribution in [-0.4, -0.2) is 47.8 Å². The van der Waals surface area contributed by atoms with Gasteiger partial charge < -0.3 is 31.1 Å². The van der Waals surface area contributed by atoms with Crippen molar-refractivity contribution in [2.24, 2.45) is 0 Å². The lowest BCUT2D eigenvalue weighted by Gasteiger charge is -2.17. The van der Waals surface area contributed by atoms with Crippen LogP contribution in [0.3, 0.4) is 0 Å². The molecule has 3 aromatic carbocycles. The minimum Gasteiger partial charge on any atom is -0.494 e. The molecule has 11 heteroatoms. The van der Waals surface area contributed by atoms with Crippen molar-refractivity contribution in [2.45, 2.75) is 55.8 Å². The van der Waals surface area contributed by atoms with Crippen LogP contribution in [0.1, 0.15) is 49.4 Å². The summed E-state index contributed by atoms with van der Waals surface area (Å²) in [6, 6.07) is 16.3. The van der Waals surface area contributed by atoms with Gasteiger partial charge in [0.15, 0.2) is 21.8 Å². The maximum absolute atomic E-state index is 12.7. The number of aromatic amines is 1. The number of hydrogen-bond donors (Lipinski definition) is 6. The van der Waals surface area contributed by atoms with Crippen LogP contribution < -0.4 is 16.0 Å². The Morgan fingerprint density at radius 3 is 2.36 bits per heavy atom. The summed E-state index contributed by atoms with van der Waals surface area (Å²) in [4.78, 5) is 27.6. The maximum atomic E-state index is 12.7. The number of amides is 1. The van der Waals surface area contributed by atoms with Gasteiger partial charge in [-0.2, -0.15) is 0 Å². The highest BCUT2D eigenvalue weighted by molar-refractivity contribution is 7.92. The molecule has 42 heavy (non-hydrogen) atoms. The second-order valence-corrected chi connectivity index (χ2v) is 12.9. The van der Waals surface area contributed by atoms with E-state index in [4.69, 9.17) is 0 Å². The molecule has 222 valence electrons. The number of sulfone groups is 1. The second-order valence-electron chi connectivity index (χ2n) is 10.4. The Morgan fingerprint density at radius 2 is 1.69 bits per heavy atom. The van der Waals surface area contributed by atoms with Crippen molar-refractivity contribution in [1.82, 2.24) is 10.3 Å². The van der Waals surface area contributed by atoms with Crippen LogP contribution in [0, 0.1) is 0 Å². The van der Waals surface area contributed by atoms with E-state index in [2.05, 4.69) is 20.9 Å². The molecule has 6 N–H and O–H groups in total. The van der Waals surface area contributed by atoms with Gasteiger partial charge in [-0.25, -0.2) is 13.2 Å². The largest absolute Gasteiger partial charge is 0.494 e. The SMILES string of the molecule is CNCc1cc(NC(=O)CCCc2ccc(C(Nc3ccc4c[nH]c(O)c4c3)C(=O)O)cc2)ccc1S(=O)(=O)C(C)C. The van der Waals surface area contributed by atoms with Gasteiger partial charge in [-0.3, -0.25) is 4.79 Å². The second kappa shape index (κ2) is 13.1. The predicted molar refractivity (Wildman–Crippen MR) is 164 cm³/mol. The average molecular weight is 593 g/mol. The molecule has 0 spiro atoms. The number of rotatable bonds is 13. The van der Waals surface area contributed by atoms with Crippen molar-refractivity contribution in [2.75, 3.05) is 17.7 Å². The number of aryl methyl sites for hydroxylation is 1. The predicted octanol–water partition coefficient (Wildman–Crippen LogP) is 4.97. The molecule has 0 saturated carbocycles. The van der Waals surface area contributed by atoms with Crippen molar-refractivity contribution >= 4 is 43.9 Å². The molecule has 0 aliphatic rings. The fourth-order valence-electron chi connectivity index (χ4n) is 4.73. The standard InChI is InChI=1S/C31H36N4O6S/c1-19(2)42(40,41)27-14-13-24(15-23(27)17-32-3)34-28(36)6-4-5-20-7-9-21(10-8-20)29(31(38)39)35-25-12-11-22-18-33-30(37)26(22)16-25/h7-16,18-19,29,32-33,35,37H,4-6,17H2,1-3H3,(H,34,36)(H,38,39). The number of hydrogen-bond acceptors (Lipinski definition) is 7. The summed E-state index contributed by atoms with van der Waals surface area (Å²) in [7, 11) is -1.72. The van der Waals surface area contributed by atoms with E-state index in [1.165, 1.54) is 0 Å². The molecule has 1 atom stereocenters. The number of carboxylic acid groups (broad SMARTS) is 1. The van der Waals surface area contributed by atoms with Gasteiger partial charge in [-0.05, 0) is 80.8 Å². The Bertz CT molecular complexity index is 1680. The van der Waals surface area contributed by atoms with Gasteiger partial charge in [0, 0.05) is 41.3 Å². The van der Waals surface area contributed by atoms with Gasteiger partial charge in [0.25, 0.3) is 0 Å². The van der Waals surface area contributed by atoms with Crippen molar-refractivity contribution in [3.8, 4) is 5.88 Å². The summed E-state index contributed by atoms with van der Waals surface area (Å²) in [6.07, 6.45) is 3.14. The van der Waals surface area contributed by atoms with E-state index < -0.39 is 27.1 Å². The van der Waals surface area contributed by atoms with Crippen LogP contribution in [-0.2, 0) is 32.4 Å². The fraction of sp³-hybridized carbons (Fsp3) is 0.290. The molecule has 0 bridgehead atoms. The Balaban J connectivity index is 1.34. The third-order valence-electron chi connectivity index (χ3n) is 7.05. The van der Waals surface area contributed by atoms with Gasteiger partial charge in [-0.15, -0.1) is 0 Å². The van der Waals surface area contributed by atoms with Gasteiger partial charge in [0.1, 0.15) is 0 Å². The minimum absolute atomic E-state index is 0.0205. The first-order chi connectivity index (χ1) is 20.0. The van der Waals surface area contributed by atoms with Crippen LogP contribution in [0.15, 0.2) is 71.8 Å².